The minimum atomic E-state index is -5.08. The largest absolute Gasteiger partial charge is 0.490 e. The Hall–Kier alpha value is -1.84. The molecular weight excluding hydrogens is 343 g/mol. The lowest BCUT2D eigenvalue weighted by molar-refractivity contribution is -0.192. The highest BCUT2D eigenvalue weighted by Crippen LogP contribution is 2.17. The van der Waals surface area contributed by atoms with Crippen molar-refractivity contribution in [2.24, 2.45) is 10.9 Å². The van der Waals surface area contributed by atoms with Gasteiger partial charge in [0.15, 0.2) is 0 Å². The molecule has 0 aromatic carbocycles. The van der Waals surface area contributed by atoms with Crippen LogP contribution in [0.3, 0.4) is 0 Å². The Kier molecular flexibility index (Phi) is 6.61. The second-order valence-electron chi connectivity index (χ2n) is 2.97. The number of hydrogen-bond donors (Lipinski definition) is 4. The normalized spacial score (nSPS) is 11.3. The molecule has 1 aromatic rings. The lowest BCUT2D eigenvalue weighted by atomic mass is 10.6. The van der Waals surface area contributed by atoms with E-state index in [1.54, 1.807) is 0 Å². The molecule has 1 aromatic heterocycles. The average Bonchev–Trinajstić information content (AvgIpc) is 2.76. The first-order chi connectivity index (χ1) is 9.37. The number of carboxylic acids is 1. The lowest BCUT2D eigenvalue weighted by Gasteiger charge is -1.94. The Balaban J connectivity index is 0.000000486. The summed E-state index contributed by atoms with van der Waals surface area (Å²) < 4.78 is 52.9. The van der Waals surface area contributed by atoms with Crippen LogP contribution in [0.15, 0.2) is 4.34 Å². The topological polar surface area (TPSA) is 178 Å². The maximum atomic E-state index is 10.8. The molecule has 0 bridgehead atoms. The van der Waals surface area contributed by atoms with Gasteiger partial charge in [-0.15, -0.1) is 10.2 Å². The maximum Gasteiger partial charge on any atom is 0.490 e. The molecule has 0 radical (unpaired) electrons. The number of rotatable bonds is 3. The highest BCUT2D eigenvalue weighted by molar-refractivity contribution is 7.91. The molecule has 15 heteroatoms. The molecule has 1 rings (SSSR count). The Bertz CT molecular complexity index is 613. The number of carbonyl (C=O) groups excluding carboxylic acids is 1. The van der Waals surface area contributed by atoms with Crippen LogP contribution in [0.1, 0.15) is 0 Å². The summed E-state index contributed by atoms with van der Waals surface area (Å²) in [5.41, 5.74) is 5.01. The minimum Gasteiger partial charge on any atom is -0.475 e. The number of carbonyl (C=O) groups is 2. The molecule has 0 spiro atoms. The van der Waals surface area contributed by atoms with Gasteiger partial charge in [0.25, 0.3) is 10.0 Å². The molecule has 0 atom stereocenters. The van der Waals surface area contributed by atoms with Crippen LogP contribution < -0.4 is 16.2 Å². The van der Waals surface area contributed by atoms with E-state index < -0.39 is 28.1 Å². The van der Waals surface area contributed by atoms with Gasteiger partial charge in [0.05, 0.1) is 6.54 Å². The molecule has 120 valence electrons. The molecule has 10 nitrogen and oxygen atoms in total. The number of primary sulfonamides is 1. The zero-order valence-corrected chi connectivity index (χ0v) is 11.4. The molecule has 1 amide bonds. The standard InChI is InChI=1S/C4H7N5O3S2.C2HF3O2/c5-1-2(10)7-3-8-9-4(13-3)14(6,11)12;3-2(4,5)1(6)7/h1,5H2,(H2,6,11,12)(H,7,8,10);(H,6,7). The van der Waals surface area contributed by atoms with Gasteiger partial charge in [0, 0.05) is 0 Å². The number of amides is 1. The molecule has 6 N–H and O–H groups in total. The Morgan fingerprint density at radius 2 is 1.81 bits per heavy atom. The van der Waals surface area contributed by atoms with Gasteiger partial charge >= 0.3 is 12.1 Å². The maximum absolute atomic E-state index is 10.8. The zero-order valence-electron chi connectivity index (χ0n) is 9.79. The van der Waals surface area contributed by atoms with Crippen molar-refractivity contribution in [3.8, 4) is 0 Å². The van der Waals surface area contributed by atoms with Crippen molar-refractivity contribution in [2.75, 3.05) is 11.9 Å². The quantitative estimate of drug-likeness (QED) is 0.486. The number of aliphatic carboxylic acids is 1. The van der Waals surface area contributed by atoms with Crippen molar-refractivity contribution in [1.29, 1.82) is 0 Å². The molecule has 21 heavy (non-hydrogen) atoms. The van der Waals surface area contributed by atoms with Gasteiger partial charge in [-0.3, -0.25) is 10.1 Å². The van der Waals surface area contributed by atoms with Crippen LogP contribution in [0, 0.1) is 0 Å². The SMILES string of the molecule is NCC(=O)Nc1nnc(S(N)(=O)=O)s1.O=C(O)C(F)(F)F. The number of halogens is 3. The third-order valence-corrected chi connectivity index (χ3v) is 3.47. The van der Waals surface area contributed by atoms with Crippen molar-refractivity contribution in [3.63, 3.8) is 0 Å². The molecule has 0 aliphatic carbocycles. The first-order valence-electron chi connectivity index (χ1n) is 4.54. The summed E-state index contributed by atoms with van der Waals surface area (Å²) in [5, 5.41) is 20.9. The van der Waals surface area contributed by atoms with Gasteiger partial charge in [0.1, 0.15) is 0 Å². The third-order valence-electron chi connectivity index (χ3n) is 1.32. The molecular formula is C6H8F3N5O5S2. The first-order valence-corrected chi connectivity index (χ1v) is 6.90. The minimum absolute atomic E-state index is 0.0458. The van der Waals surface area contributed by atoms with E-state index in [0.29, 0.717) is 11.3 Å². The second-order valence-corrected chi connectivity index (χ2v) is 5.69. The van der Waals surface area contributed by atoms with Gasteiger partial charge in [-0.05, 0) is 0 Å². The van der Waals surface area contributed by atoms with Crippen LogP contribution in [0.5, 0.6) is 0 Å². The van der Waals surface area contributed by atoms with Crippen LogP contribution in [0.4, 0.5) is 18.3 Å². The smallest absolute Gasteiger partial charge is 0.475 e. The van der Waals surface area contributed by atoms with Crippen LogP contribution in [0.2, 0.25) is 0 Å². The van der Waals surface area contributed by atoms with Gasteiger partial charge in [0.2, 0.25) is 15.4 Å². The summed E-state index contributed by atoms with van der Waals surface area (Å²) in [6.45, 7) is -0.218. The third kappa shape index (κ3) is 7.49. The summed E-state index contributed by atoms with van der Waals surface area (Å²) in [4.78, 5) is 19.7. The van der Waals surface area contributed by atoms with Gasteiger partial charge in [-0.1, -0.05) is 11.3 Å². The van der Waals surface area contributed by atoms with E-state index in [2.05, 4.69) is 15.5 Å². The summed E-state index contributed by atoms with van der Waals surface area (Å²) in [5.74, 6) is -3.24. The number of sulfonamides is 1. The van der Waals surface area contributed by atoms with Crippen LogP contribution in [-0.4, -0.2) is 48.3 Å². The first kappa shape index (κ1) is 19.2. The number of anilines is 1. The number of aromatic nitrogens is 2. The number of hydrogen-bond acceptors (Lipinski definition) is 8. The number of nitrogens with zero attached hydrogens (tertiary/aromatic N) is 2. The zero-order chi connectivity index (χ0) is 16.8. The van der Waals surface area contributed by atoms with E-state index in [0.717, 1.165) is 0 Å². The fourth-order valence-electron chi connectivity index (χ4n) is 0.546. The van der Waals surface area contributed by atoms with Crippen LogP contribution >= 0.6 is 11.3 Å². The fourth-order valence-corrected chi connectivity index (χ4v) is 1.90. The highest BCUT2D eigenvalue weighted by Gasteiger charge is 2.38. The van der Waals surface area contributed by atoms with E-state index in [9.17, 15) is 26.4 Å². The molecule has 0 aliphatic heterocycles. The number of nitrogens with two attached hydrogens (primary N) is 2. The summed E-state index contributed by atoms with van der Waals surface area (Å²) in [6.07, 6.45) is -5.08. The summed E-state index contributed by atoms with van der Waals surface area (Å²) in [7, 11) is -3.86. The van der Waals surface area contributed by atoms with E-state index in [1.807, 2.05) is 0 Å². The molecule has 1 heterocycles. The van der Waals surface area contributed by atoms with Crippen molar-refractivity contribution in [3.05, 3.63) is 0 Å². The number of carboxylic acid groups (broad SMARTS) is 1. The molecule has 0 fully saturated rings. The summed E-state index contributed by atoms with van der Waals surface area (Å²) in [6, 6.07) is 0. The molecule has 0 saturated heterocycles. The highest BCUT2D eigenvalue weighted by atomic mass is 32.2. The molecule has 0 saturated carbocycles. The lowest BCUT2D eigenvalue weighted by Crippen LogP contribution is -2.21. The van der Waals surface area contributed by atoms with Gasteiger partial charge in [-0.2, -0.15) is 13.2 Å². The Labute approximate surface area is 119 Å². The predicted octanol–water partition coefficient (Wildman–Crippen LogP) is -1.28. The second kappa shape index (κ2) is 7.25. The van der Waals surface area contributed by atoms with E-state index in [1.165, 1.54) is 0 Å². The monoisotopic (exact) mass is 351 g/mol. The molecule has 0 aliphatic rings. The van der Waals surface area contributed by atoms with Crippen LogP contribution in [-0.2, 0) is 19.6 Å². The van der Waals surface area contributed by atoms with E-state index >= 15 is 0 Å². The summed E-state index contributed by atoms with van der Waals surface area (Å²) >= 11 is 0.661. The number of nitrogens with one attached hydrogen (secondary N) is 1. The fraction of sp³-hybridized carbons (Fsp3) is 0.333. The van der Waals surface area contributed by atoms with E-state index in [-0.39, 0.29) is 16.0 Å². The molecule has 0 unspecified atom stereocenters. The van der Waals surface area contributed by atoms with Gasteiger partial charge < -0.3 is 10.8 Å². The van der Waals surface area contributed by atoms with Crippen molar-refractivity contribution in [2.45, 2.75) is 10.5 Å². The Morgan fingerprint density at radius 3 is 2.10 bits per heavy atom. The van der Waals surface area contributed by atoms with Crippen molar-refractivity contribution >= 4 is 38.4 Å². The van der Waals surface area contributed by atoms with Crippen molar-refractivity contribution < 1.29 is 36.3 Å². The Morgan fingerprint density at radius 1 is 1.33 bits per heavy atom. The number of alkyl halides is 3. The average molecular weight is 351 g/mol. The van der Waals surface area contributed by atoms with Gasteiger partial charge in [-0.25, -0.2) is 18.4 Å². The van der Waals surface area contributed by atoms with E-state index in [4.69, 9.17) is 20.8 Å². The van der Waals surface area contributed by atoms with Crippen molar-refractivity contribution in [1.82, 2.24) is 10.2 Å². The van der Waals surface area contributed by atoms with Crippen LogP contribution in [0.25, 0.3) is 0 Å². The predicted molar refractivity (Wildman–Crippen MR) is 62.7 cm³/mol.